The maximum atomic E-state index is 12.0. The van der Waals surface area contributed by atoms with E-state index in [1.165, 1.54) is 11.1 Å². The minimum atomic E-state index is -3.64. The topological polar surface area (TPSA) is 128 Å². The molecule has 1 unspecified atom stereocenters. The van der Waals surface area contributed by atoms with Crippen LogP contribution in [0.2, 0.25) is 5.02 Å². The number of nitrogens with two attached hydrogens (primary N) is 1. The fourth-order valence-corrected chi connectivity index (χ4v) is 7.92. The first-order chi connectivity index (χ1) is 20.5. The van der Waals surface area contributed by atoms with Gasteiger partial charge in [0.15, 0.2) is 0 Å². The van der Waals surface area contributed by atoms with Crippen LogP contribution >= 0.6 is 11.6 Å². The number of aromatic carboxylic acids is 1. The minimum Gasteiger partial charge on any atom is -0.490 e. The highest BCUT2D eigenvalue weighted by atomic mass is 35.5. The van der Waals surface area contributed by atoms with Crippen LogP contribution in [0.3, 0.4) is 0 Å². The number of carbonyl (C=O) groups is 1. The van der Waals surface area contributed by atoms with E-state index in [2.05, 4.69) is 17.0 Å². The Kier molecular flexibility index (Phi) is 8.69. The van der Waals surface area contributed by atoms with Gasteiger partial charge >= 0.3 is 5.97 Å². The normalized spacial score (nSPS) is 29.5. The van der Waals surface area contributed by atoms with Crippen molar-refractivity contribution in [1.29, 1.82) is 0 Å². The molecule has 11 heteroatoms. The van der Waals surface area contributed by atoms with E-state index < -0.39 is 21.2 Å². The van der Waals surface area contributed by atoms with Crippen LogP contribution in [0, 0.1) is 11.8 Å². The molecule has 0 bridgehead atoms. The monoisotopic (exact) mass is 632 g/mol. The average Bonchev–Trinajstić information content (AvgIpc) is 3.10. The molecule has 6 rings (SSSR count). The molecule has 9 nitrogen and oxygen atoms in total. The van der Waals surface area contributed by atoms with Gasteiger partial charge in [0, 0.05) is 36.6 Å². The Morgan fingerprint density at radius 1 is 1.23 bits per heavy atom. The molecule has 6 atom stereocenters. The zero-order valence-corrected chi connectivity index (χ0v) is 26.1. The molecule has 4 aliphatic rings. The van der Waals surface area contributed by atoms with Crippen LogP contribution in [0.5, 0.6) is 5.75 Å². The summed E-state index contributed by atoms with van der Waals surface area (Å²) in [6.07, 6.45) is 6.52. The second-order valence-electron chi connectivity index (χ2n) is 12.9. The summed E-state index contributed by atoms with van der Waals surface area (Å²) in [6.45, 7) is 4.24. The smallest absolute Gasteiger partial charge is 0.335 e. The van der Waals surface area contributed by atoms with Gasteiger partial charge < -0.3 is 24.2 Å². The molecule has 2 aromatic rings. The van der Waals surface area contributed by atoms with Gasteiger partial charge in [-0.2, -0.15) is 0 Å². The quantitative estimate of drug-likeness (QED) is 0.426. The van der Waals surface area contributed by atoms with E-state index in [4.69, 9.17) is 31.0 Å². The molecule has 2 aliphatic heterocycles. The maximum Gasteiger partial charge on any atom is 0.335 e. The average molecular weight is 633 g/mol. The van der Waals surface area contributed by atoms with Crippen molar-refractivity contribution in [2.45, 2.75) is 74.7 Å². The molecule has 2 heterocycles. The lowest BCUT2D eigenvalue weighted by Crippen LogP contribution is -2.51. The Balaban J connectivity index is 1.23. The second-order valence-corrected chi connectivity index (χ2v) is 15.3. The summed E-state index contributed by atoms with van der Waals surface area (Å²) in [6, 6.07) is 11.4. The molecule has 0 radical (unpaired) electrons. The fourth-order valence-electron chi connectivity index (χ4n) is 7.45. The van der Waals surface area contributed by atoms with E-state index >= 15 is 0 Å². The third-order valence-corrected chi connectivity index (χ3v) is 11.6. The molecule has 2 fully saturated rings. The van der Waals surface area contributed by atoms with E-state index in [1.807, 2.05) is 6.07 Å². The number of carboxylic acids is 1. The van der Waals surface area contributed by atoms with Gasteiger partial charge in [-0.3, -0.25) is 0 Å². The number of hydrogen-bond acceptors (Lipinski definition) is 7. The third-order valence-electron chi connectivity index (χ3n) is 10.1. The Morgan fingerprint density at radius 3 is 2.81 bits per heavy atom. The van der Waals surface area contributed by atoms with Crippen molar-refractivity contribution in [3.8, 4) is 5.75 Å². The lowest BCUT2D eigenvalue weighted by molar-refractivity contribution is -0.116. The Bertz CT molecular complexity index is 1470. The lowest BCUT2D eigenvalue weighted by Gasteiger charge is -2.47. The first-order valence-corrected chi connectivity index (χ1v) is 17.3. The molecule has 234 valence electrons. The summed E-state index contributed by atoms with van der Waals surface area (Å²) in [4.78, 5) is 14.3. The number of sulfonamides is 1. The van der Waals surface area contributed by atoms with Crippen molar-refractivity contribution in [2.24, 2.45) is 17.0 Å². The van der Waals surface area contributed by atoms with Crippen molar-refractivity contribution in [1.82, 2.24) is 0 Å². The molecule has 1 spiro atoms. The van der Waals surface area contributed by atoms with Crippen LogP contribution < -0.4 is 14.8 Å². The van der Waals surface area contributed by atoms with E-state index in [-0.39, 0.29) is 29.8 Å². The second kappa shape index (κ2) is 12.2. The molecule has 2 aliphatic carbocycles. The Morgan fingerprint density at radius 2 is 2.07 bits per heavy atom. The van der Waals surface area contributed by atoms with E-state index in [9.17, 15) is 18.3 Å². The van der Waals surface area contributed by atoms with E-state index in [0.717, 1.165) is 68.7 Å². The number of aryl methyl sites for hydroxylation is 1. The minimum absolute atomic E-state index is 0.0295. The van der Waals surface area contributed by atoms with E-state index in [0.29, 0.717) is 30.8 Å². The lowest BCUT2D eigenvalue weighted by atomic mass is 9.67. The van der Waals surface area contributed by atoms with Crippen molar-refractivity contribution in [3.63, 3.8) is 0 Å². The van der Waals surface area contributed by atoms with Gasteiger partial charge in [0.25, 0.3) is 0 Å². The number of rotatable bonds is 8. The fraction of sp³-hybridized carbons (Fsp3) is 0.594. The van der Waals surface area contributed by atoms with E-state index in [1.54, 1.807) is 25.1 Å². The molecular formula is C32H41ClN2O7S. The SMILES string of the molecule is C[C@@H](CO[C@H]1CCO[C@@H]([C@@H]2CC[C@H]2CN2CC3(CCCc4cc(Cl)ccc43)COc3ccc(C(=O)O)cc32)C1)S(N)(=O)=O. The van der Waals surface area contributed by atoms with Crippen LogP contribution in [0.1, 0.15) is 66.9 Å². The number of carboxylic acid groups (broad SMARTS) is 1. The summed E-state index contributed by atoms with van der Waals surface area (Å²) in [5.74, 6) is 0.451. The maximum absolute atomic E-state index is 12.0. The first-order valence-electron chi connectivity index (χ1n) is 15.3. The Labute approximate surface area is 258 Å². The molecular weight excluding hydrogens is 592 g/mol. The zero-order valence-electron chi connectivity index (χ0n) is 24.5. The van der Waals surface area contributed by atoms with Crippen LogP contribution in [0.25, 0.3) is 0 Å². The molecule has 0 aromatic heterocycles. The van der Waals surface area contributed by atoms with Gasteiger partial charge in [0.05, 0.1) is 41.9 Å². The summed E-state index contributed by atoms with van der Waals surface area (Å²) < 4.78 is 42.0. The summed E-state index contributed by atoms with van der Waals surface area (Å²) in [5.41, 5.74) is 3.37. The van der Waals surface area contributed by atoms with Gasteiger partial charge in [-0.1, -0.05) is 17.7 Å². The van der Waals surface area contributed by atoms with Crippen LogP contribution in [-0.2, 0) is 31.3 Å². The van der Waals surface area contributed by atoms with Crippen LogP contribution in [0.15, 0.2) is 36.4 Å². The Hall–Kier alpha value is -2.37. The number of benzene rings is 2. The van der Waals surface area contributed by atoms with Crippen LogP contribution in [0.4, 0.5) is 5.69 Å². The third kappa shape index (κ3) is 6.40. The summed E-state index contributed by atoms with van der Waals surface area (Å²) >= 11 is 6.38. The predicted molar refractivity (Wildman–Crippen MR) is 165 cm³/mol. The first kappa shape index (κ1) is 30.6. The highest BCUT2D eigenvalue weighted by Crippen LogP contribution is 2.47. The van der Waals surface area contributed by atoms with Crippen molar-refractivity contribution >= 4 is 33.3 Å². The molecule has 0 amide bonds. The summed E-state index contributed by atoms with van der Waals surface area (Å²) in [7, 11) is -3.64. The van der Waals surface area contributed by atoms with Gasteiger partial charge in [0.2, 0.25) is 10.0 Å². The van der Waals surface area contributed by atoms with Crippen molar-refractivity contribution in [2.75, 3.05) is 37.8 Å². The number of ether oxygens (including phenoxy) is 3. The predicted octanol–water partition coefficient (Wildman–Crippen LogP) is 4.78. The number of nitrogens with zero attached hydrogens (tertiary/aromatic N) is 1. The van der Waals surface area contributed by atoms with Crippen molar-refractivity contribution < 1.29 is 32.5 Å². The van der Waals surface area contributed by atoms with Gasteiger partial charge in [-0.15, -0.1) is 0 Å². The molecule has 1 saturated heterocycles. The molecule has 43 heavy (non-hydrogen) atoms. The van der Waals surface area contributed by atoms with Gasteiger partial charge in [-0.25, -0.2) is 18.4 Å². The zero-order chi connectivity index (χ0) is 30.4. The number of halogens is 1. The number of primary sulfonamides is 1. The molecule has 3 N–H and O–H groups in total. The van der Waals surface area contributed by atoms with Gasteiger partial charge in [0.1, 0.15) is 5.75 Å². The molecule has 1 saturated carbocycles. The highest BCUT2D eigenvalue weighted by molar-refractivity contribution is 7.89. The number of fused-ring (bicyclic) bond motifs is 3. The van der Waals surface area contributed by atoms with Gasteiger partial charge in [-0.05, 0) is 98.7 Å². The highest BCUT2D eigenvalue weighted by Gasteiger charge is 2.45. The largest absolute Gasteiger partial charge is 0.490 e. The molecule has 2 aromatic carbocycles. The van der Waals surface area contributed by atoms with Crippen molar-refractivity contribution in [3.05, 3.63) is 58.1 Å². The standard InChI is InChI=1S/C32H41ClN2O7S/c1-20(43(34,38)39)17-41-25-10-12-40-30(15-25)26-7-4-23(26)16-35-18-32(11-2-3-21-13-24(33)6-8-27(21)32)19-42-29-9-5-22(31(36)37)14-28(29)35/h5-6,8-9,13-14,20,23,25-26,30H,2-4,7,10-12,15-19H2,1H3,(H,36,37)(H2,34,38,39)/t20-,23-,25-,26+,30+,32?/m0/s1. The number of anilines is 1. The number of hydrogen-bond donors (Lipinski definition) is 2. The summed E-state index contributed by atoms with van der Waals surface area (Å²) in [5, 5.41) is 15.1. The van der Waals surface area contributed by atoms with Crippen LogP contribution in [-0.4, -0.2) is 69.9 Å².